The second-order valence-electron chi connectivity index (χ2n) is 8.91. The Hall–Kier alpha value is -3.83. The van der Waals surface area contributed by atoms with Crippen molar-refractivity contribution >= 4 is 40.0 Å². The molecule has 0 unspecified atom stereocenters. The summed E-state index contributed by atoms with van der Waals surface area (Å²) in [5, 5.41) is 0. The number of nitrogens with one attached hydrogen (secondary N) is 3. The van der Waals surface area contributed by atoms with Gasteiger partial charge in [0, 0.05) is 32.7 Å². The average Bonchev–Trinajstić information content (AvgIpc) is 3.50. The highest BCUT2D eigenvalue weighted by atomic mass is 32.1. The maximum atomic E-state index is 14.4. The van der Waals surface area contributed by atoms with E-state index in [-0.39, 0.29) is 5.82 Å². The number of imidazole rings is 2. The van der Waals surface area contributed by atoms with Crippen LogP contribution in [0.15, 0.2) is 48.5 Å². The molecule has 1 aliphatic rings. The summed E-state index contributed by atoms with van der Waals surface area (Å²) in [6.07, 6.45) is 0. The van der Waals surface area contributed by atoms with Gasteiger partial charge >= 0.3 is 0 Å². The number of aromatic nitrogens is 4. The lowest BCUT2D eigenvalue weighted by atomic mass is 10.2. The van der Waals surface area contributed by atoms with Crippen LogP contribution in [0.1, 0.15) is 0 Å². The number of hydrogen-bond acceptors (Lipinski definition) is 5. The highest BCUT2D eigenvalue weighted by Crippen LogP contribution is 2.32. The van der Waals surface area contributed by atoms with Crippen molar-refractivity contribution in [3.63, 3.8) is 0 Å². The fourth-order valence-electron chi connectivity index (χ4n) is 4.78. The molecule has 11 heteroatoms. The van der Waals surface area contributed by atoms with Crippen molar-refractivity contribution < 1.29 is 17.9 Å². The second kappa shape index (κ2) is 9.56. The van der Waals surface area contributed by atoms with Gasteiger partial charge in [-0.2, -0.15) is 0 Å². The molecular formula is C26H23F3N6OS. The van der Waals surface area contributed by atoms with E-state index >= 15 is 0 Å². The monoisotopic (exact) mass is 524 g/mol. The van der Waals surface area contributed by atoms with E-state index in [1.165, 1.54) is 0 Å². The molecule has 7 nitrogen and oxygen atoms in total. The summed E-state index contributed by atoms with van der Waals surface area (Å²) in [5.74, 6) is -2.52. The van der Waals surface area contributed by atoms with Crippen LogP contribution in [0.2, 0.25) is 0 Å². The van der Waals surface area contributed by atoms with Crippen LogP contribution in [-0.2, 0) is 0 Å². The Morgan fingerprint density at radius 1 is 0.865 bits per heavy atom. The van der Waals surface area contributed by atoms with Crippen LogP contribution in [-0.4, -0.2) is 64.2 Å². The third kappa shape index (κ3) is 4.44. The van der Waals surface area contributed by atoms with E-state index in [4.69, 9.17) is 17.0 Å². The van der Waals surface area contributed by atoms with E-state index in [9.17, 15) is 13.2 Å². The second-order valence-corrected chi connectivity index (χ2v) is 9.32. The molecule has 0 atom stereocenters. The standard InChI is InChI=1S/C26H23F3N6OS/c27-15-7-8-16(28)22(29)21(15)25-30-17-3-1-5-19(23(17)32-25)35-11-9-34(10-12-35)13-14-36-20-6-2-4-18-24(20)33-26(37)31-18/h1-8H,9-14H2,(H,30,32)(H2,31,33,37). The van der Waals surface area contributed by atoms with Crippen molar-refractivity contribution in [2.24, 2.45) is 0 Å². The summed E-state index contributed by atoms with van der Waals surface area (Å²) in [6.45, 7) is 4.45. The number of nitrogens with zero attached hydrogens (tertiary/aromatic N) is 3. The molecule has 0 bridgehead atoms. The van der Waals surface area contributed by atoms with Crippen LogP contribution in [0.5, 0.6) is 5.75 Å². The first-order valence-corrected chi connectivity index (χ1v) is 12.3. The minimum atomic E-state index is -1.26. The lowest BCUT2D eigenvalue weighted by Crippen LogP contribution is -2.47. The number of H-pyrrole nitrogens is 3. The normalized spacial score (nSPS) is 14.6. The van der Waals surface area contributed by atoms with Gasteiger partial charge < -0.3 is 24.6 Å². The molecule has 0 spiro atoms. The fourth-order valence-corrected chi connectivity index (χ4v) is 5.00. The van der Waals surface area contributed by atoms with Gasteiger partial charge in [-0.25, -0.2) is 18.2 Å². The van der Waals surface area contributed by atoms with E-state index < -0.39 is 23.0 Å². The van der Waals surface area contributed by atoms with Crippen molar-refractivity contribution in [1.82, 2.24) is 24.8 Å². The molecule has 190 valence electrons. The number of para-hydroxylation sites is 2. The molecule has 0 aliphatic carbocycles. The number of piperazine rings is 1. The lowest BCUT2D eigenvalue weighted by Gasteiger charge is -2.36. The molecule has 1 aliphatic heterocycles. The highest BCUT2D eigenvalue weighted by molar-refractivity contribution is 7.71. The van der Waals surface area contributed by atoms with Gasteiger partial charge in [-0.1, -0.05) is 12.1 Å². The number of rotatable bonds is 6. The summed E-state index contributed by atoms with van der Waals surface area (Å²) in [6, 6.07) is 13.0. The van der Waals surface area contributed by atoms with Crippen molar-refractivity contribution in [3.05, 3.63) is 70.8 Å². The molecular weight excluding hydrogens is 501 g/mol. The Bertz CT molecular complexity index is 1650. The SMILES string of the molecule is Fc1ccc(F)c(-c2nc3c(N4CCN(CCOc5cccc6[nH]c(=S)[nH]c56)CC4)cccc3[nH]2)c1F. The molecule has 3 heterocycles. The molecule has 2 aromatic heterocycles. The Kier molecular flexibility index (Phi) is 6.09. The summed E-state index contributed by atoms with van der Waals surface area (Å²) in [7, 11) is 0. The predicted octanol–water partition coefficient (Wildman–Crippen LogP) is 5.39. The van der Waals surface area contributed by atoms with E-state index in [1.807, 2.05) is 30.3 Å². The quantitative estimate of drug-likeness (QED) is 0.205. The molecule has 1 saturated heterocycles. The van der Waals surface area contributed by atoms with Gasteiger partial charge in [-0.05, 0) is 48.6 Å². The largest absolute Gasteiger partial charge is 0.490 e. The number of ether oxygens (including phenoxy) is 1. The summed E-state index contributed by atoms with van der Waals surface area (Å²) in [5.41, 5.74) is 3.36. The van der Waals surface area contributed by atoms with E-state index in [2.05, 4.69) is 29.7 Å². The maximum absolute atomic E-state index is 14.4. The smallest absolute Gasteiger partial charge is 0.175 e. The molecule has 0 amide bonds. The van der Waals surface area contributed by atoms with Crippen molar-refractivity contribution in [3.8, 4) is 17.1 Å². The number of aromatic amines is 3. The van der Waals surface area contributed by atoms with Crippen molar-refractivity contribution in [2.45, 2.75) is 0 Å². The number of hydrogen-bond donors (Lipinski definition) is 3. The molecule has 1 fully saturated rings. The minimum absolute atomic E-state index is 0.0365. The van der Waals surface area contributed by atoms with Gasteiger partial charge in [0.1, 0.15) is 35.0 Å². The van der Waals surface area contributed by atoms with Gasteiger partial charge in [0.25, 0.3) is 0 Å². The van der Waals surface area contributed by atoms with E-state index in [1.54, 1.807) is 6.07 Å². The Morgan fingerprint density at radius 3 is 2.46 bits per heavy atom. The first-order chi connectivity index (χ1) is 18.0. The molecule has 0 saturated carbocycles. The van der Waals surface area contributed by atoms with Gasteiger partial charge in [0.2, 0.25) is 0 Å². The zero-order chi connectivity index (χ0) is 25.5. The third-order valence-corrected chi connectivity index (χ3v) is 6.87. The van der Waals surface area contributed by atoms with Crippen molar-refractivity contribution in [2.75, 3.05) is 44.2 Å². The number of benzene rings is 3. The van der Waals surface area contributed by atoms with E-state index in [0.717, 1.165) is 67.3 Å². The molecule has 0 radical (unpaired) electrons. The fraction of sp³-hybridized carbons (Fsp3) is 0.231. The Balaban J connectivity index is 1.13. The summed E-state index contributed by atoms with van der Waals surface area (Å²) >= 11 is 5.18. The van der Waals surface area contributed by atoms with Gasteiger partial charge in [-0.3, -0.25) is 4.90 Å². The van der Waals surface area contributed by atoms with Gasteiger partial charge in [0.15, 0.2) is 16.4 Å². The van der Waals surface area contributed by atoms with Crippen LogP contribution in [0, 0.1) is 22.2 Å². The molecule has 3 N–H and O–H groups in total. The zero-order valence-corrected chi connectivity index (χ0v) is 20.5. The summed E-state index contributed by atoms with van der Waals surface area (Å²) < 4.78 is 49.0. The first kappa shape index (κ1) is 23.6. The lowest BCUT2D eigenvalue weighted by molar-refractivity contribution is 0.201. The average molecular weight is 525 g/mol. The molecule has 6 rings (SSSR count). The molecule has 3 aromatic carbocycles. The van der Waals surface area contributed by atoms with Crippen LogP contribution in [0.25, 0.3) is 33.5 Å². The number of fused-ring (bicyclic) bond motifs is 2. The Labute approximate surface area is 214 Å². The minimum Gasteiger partial charge on any atom is -0.490 e. The van der Waals surface area contributed by atoms with Gasteiger partial charge in [0.05, 0.1) is 22.3 Å². The topological polar surface area (TPSA) is 76.0 Å². The predicted molar refractivity (Wildman–Crippen MR) is 139 cm³/mol. The zero-order valence-electron chi connectivity index (χ0n) is 19.7. The summed E-state index contributed by atoms with van der Waals surface area (Å²) in [4.78, 5) is 18.1. The molecule has 37 heavy (non-hydrogen) atoms. The first-order valence-electron chi connectivity index (χ1n) is 11.9. The maximum Gasteiger partial charge on any atom is 0.175 e. The molecule has 5 aromatic rings. The number of anilines is 1. The van der Waals surface area contributed by atoms with Crippen molar-refractivity contribution in [1.29, 1.82) is 0 Å². The third-order valence-electron chi connectivity index (χ3n) is 6.66. The Morgan fingerprint density at radius 2 is 1.62 bits per heavy atom. The van der Waals surface area contributed by atoms with Crippen LogP contribution >= 0.6 is 12.2 Å². The van der Waals surface area contributed by atoms with Crippen LogP contribution in [0.3, 0.4) is 0 Å². The number of halogens is 3. The van der Waals surface area contributed by atoms with Gasteiger partial charge in [-0.15, -0.1) is 0 Å². The van der Waals surface area contributed by atoms with Crippen LogP contribution < -0.4 is 9.64 Å². The van der Waals surface area contributed by atoms with Crippen LogP contribution in [0.4, 0.5) is 18.9 Å². The van der Waals surface area contributed by atoms with E-state index in [0.29, 0.717) is 22.4 Å². The highest BCUT2D eigenvalue weighted by Gasteiger charge is 2.23.